The van der Waals surface area contributed by atoms with Crippen molar-refractivity contribution in [3.05, 3.63) is 0 Å². The Morgan fingerprint density at radius 2 is 1.90 bits per heavy atom. The molecular formula is C14H26N2O3S. The van der Waals surface area contributed by atoms with E-state index in [1.54, 1.807) is 0 Å². The van der Waals surface area contributed by atoms with E-state index in [0.717, 1.165) is 45.1 Å². The summed E-state index contributed by atoms with van der Waals surface area (Å²) in [5.41, 5.74) is 0. The van der Waals surface area contributed by atoms with Gasteiger partial charge in [-0.25, -0.2) is 8.42 Å². The molecular weight excluding hydrogens is 276 g/mol. The van der Waals surface area contributed by atoms with Crippen molar-refractivity contribution < 1.29 is 13.2 Å². The fourth-order valence-electron chi connectivity index (χ4n) is 2.80. The second-order valence-electron chi connectivity index (χ2n) is 6.21. The van der Waals surface area contributed by atoms with Crippen LogP contribution in [0.15, 0.2) is 0 Å². The molecule has 0 aromatic carbocycles. The number of amides is 1. The Labute approximate surface area is 121 Å². The molecule has 2 rings (SSSR count). The molecule has 0 bridgehead atoms. The van der Waals surface area contributed by atoms with Crippen LogP contribution in [0.2, 0.25) is 0 Å². The van der Waals surface area contributed by atoms with Gasteiger partial charge >= 0.3 is 0 Å². The second kappa shape index (κ2) is 6.89. The van der Waals surface area contributed by atoms with Crippen molar-refractivity contribution in [2.24, 2.45) is 0 Å². The SMILES string of the molecule is CS(=O)(=O)C1CCCC(NCCCC(=O)NC2CC2)C1. The quantitative estimate of drug-likeness (QED) is 0.688. The average molecular weight is 302 g/mol. The summed E-state index contributed by atoms with van der Waals surface area (Å²) in [5.74, 6) is 0.145. The van der Waals surface area contributed by atoms with Crippen molar-refractivity contribution >= 4 is 15.7 Å². The Balaban J connectivity index is 1.60. The highest BCUT2D eigenvalue weighted by molar-refractivity contribution is 7.91. The minimum atomic E-state index is -2.91. The van der Waals surface area contributed by atoms with E-state index in [9.17, 15) is 13.2 Å². The zero-order valence-electron chi connectivity index (χ0n) is 12.2. The van der Waals surface area contributed by atoms with Crippen LogP contribution in [-0.4, -0.2) is 44.5 Å². The first kappa shape index (κ1) is 15.8. The summed E-state index contributed by atoms with van der Waals surface area (Å²) >= 11 is 0. The van der Waals surface area contributed by atoms with Gasteiger partial charge in [0.05, 0.1) is 5.25 Å². The van der Waals surface area contributed by atoms with Gasteiger partial charge in [0, 0.05) is 24.8 Å². The molecule has 6 heteroatoms. The minimum absolute atomic E-state index is 0.145. The number of rotatable bonds is 7. The Morgan fingerprint density at radius 3 is 2.55 bits per heavy atom. The van der Waals surface area contributed by atoms with E-state index in [0.29, 0.717) is 18.9 Å². The fraction of sp³-hybridized carbons (Fsp3) is 0.929. The molecule has 0 saturated heterocycles. The number of nitrogens with one attached hydrogen (secondary N) is 2. The van der Waals surface area contributed by atoms with Crippen LogP contribution in [0.25, 0.3) is 0 Å². The molecule has 1 amide bonds. The van der Waals surface area contributed by atoms with Crippen LogP contribution >= 0.6 is 0 Å². The number of carbonyl (C=O) groups is 1. The molecule has 2 N–H and O–H groups in total. The molecule has 0 heterocycles. The fourth-order valence-corrected chi connectivity index (χ4v) is 3.98. The largest absolute Gasteiger partial charge is 0.353 e. The van der Waals surface area contributed by atoms with Gasteiger partial charge in [-0.05, 0) is 45.1 Å². The van der Waals surface area contributed by atoms with E-state index in [2.05, 4.69) is 10.6 Å². The number of hydrogen-bond acceptors (Lipinski definition) is 4. The lowest BCUT2D eigenvalue weighted by Crippen LogP contribution is -2.39. The Hall–Kier alpha value is -0.620. The molecule has 0 spiro atoms. The zero-order valence-corrected chi connectivity index (χ0v) is 13.0. The molecule has 2 unspecified atom stereocenters. The summed E-state index contributed by atoms with van der Waals surface area (Å²) in [7, 11) is -2.91. The van der Waals surface area contributed by atoms with Crippen molar-refractivity contribution in [1.29, 1.82) is 0 Å². The van der Waals surface area contributed by atoms with Gasteiger partial charge in [-0.15, -0.1) is 0 Å². The molecule has 20 heavy (non-hydrogen) atoms. The molecule has 2 fully saturated rings. The van der Waals surface area contributed by atoms with E-state index in [-0.39, 0.29) is 17.2 Å². The van der Waals surface area contributed by atoms with E-state index in [1.165, 1.54) is 6.26 Å². The molecule has 0 radical (unpaired) electrons. The van der Waals surface area contributed by atoms with Crippen molar-refractivity contribution in [2.45, 2.75) is 68.7 Å². The van der Waals surface area contributed by atoms with Gasteiger partial charge in [0.1, 0.15) is 9.84 Å². The topological polar surface area (TPSA) is 75.3 Å². The van der Waals surface area contributed by atoms with Crippen LogP contribution in [0.4, 0.5) is 0 Å². The lowest BCUT2D eigenvalue weighted by atomic mass is 9.95. The Bertz CT molecular complexity index is 432. The van der Waals surface area contributed by atoms with Gasteiger partial charge in [0.2, 0.25) is 5.91 Å². The highest BCUT2D eigenvalue weighted by Crippen LogP contribution is 2.23. The normalized spacial score (nSPS) is 27.2. The molecule has 2 aliphatic carbocycles. The van der Waals surface area contributed by atoms with E-state index < -0.39 is 9.84 Å². The van der Waals surface area contributed by atoms with Crippen LogP contribution < -0.4 is 10.6 Å². The van der Waals surface area contributed by atoms with Crippen molar-refractivity contribution in [3.63, 3.8) is 0 Å². The first-order chi connectivity index (χ1) is 9.45. The molecule has 2 aliphatic rings. The smallest absolute Gasteiger partial charge is 0.220 e. The highest BCUT2D eigenvalue weighted by Gasteiger charge is 2.28. The van der Waals surface area contributed by atoms with Gasteiger partial charge in [0.15, 0.2) is 0 Å². The summed E-state index contributed by atoms with van der Waals surface area (Å²) < 4.78 is 23.2. The predicted octanol–water partition coefficient (Wildman–Crippen LogP) is 0.991. The maximum absolute atomic E-state index is 11.6. The molecule has 2 saturated carbocycles. The number of carbonyl (C=O) groups excluding carboxylic acids is 1. The van der Waals surface area contributed by atoms with Gasteiger partial charge in [-0.1, -0.05) is 6.42 Å². The van der Waals surface area contributed by atoms with Crippen LogP contribution in [0, 0.1) is 0 Å². The second-order valence-corrected chi connectivity index (χ2v) is 8.54. The van der Waals surface area contributed by atoms with E-state index in [1.807, 2.05) is 0 Å². The summed E-state index contributed by atoms with van der Waals surface area (Å²) in [6.07, 6.45) is 8.48. The van der Waals surface area contributed by atoms with E-state index >= 15 is 0 Å². The monoisotopic (exact) mass is 302 g/mol. The number of hydrogen-bond donors (Lipinski definition) is 2. The first-order valence-corrected chi connectivity index (χ1v) is 9.62. The Morgan fingerprint density at radius 1 is 1.15 bits per heavy atom. The molecule has 0 aromatic rings. The lowest BCUT2D eigenvalue weighted by molar-refractivity contribution is -0.121. The van der Waals surface area contributed by atoms with Gasteiger partial charge in [-0.3, -0.25) is 4.79 Å². The lowest BCUT2D eigenvalue weighted by Gasteiger charge is -2.28. The summed E-state index contributed by atoms with van der Waals surface area (Å²) in [5, 5.41) is 6.19. The highest BCUT2D eigenvalue weighted by atomic mass is 32.2. The van der Waals surface area contributed by atoms with Crippen LogP contribution in [-0.2, 0) is 14.6 Å². The summed E-state index contributed by atoms with van der Waals surface area (Å²) in [6.45, 7) is 0.791. The van der Waals surface area contributed by atoms with Gasteiger partial charge < -0.3 is 10.6 Å². The predicted molar refractivity (Wildman–Crippen MR) is 79.3 cm³/mol. The maximum atomic E-state index is 11.6. The van der Waals surface area contributed by atoms with Crippen LogP contribution in [0.1, 0.15) is 51.4 Å². The van der Waals surface area contributed by atoms with Crippen LogP contribution in [0.3, 0.4) is 0 Å². The molecule has 0 aromatic heterocycles. The van der Waals surface area contributed by atoms with Crippen LogP contribution in [0.5, 0.6) is 0 Å². The summed E-state index contributed by atoms with van der Waals surface area (Å²) in [4.78, 5) is 11.5. The Kier molecular flexibility index (Phi) is 5.43. The third-order valence-electron chi connectivity index (χ3n) is 4.19. The van der Waals surface area contributed by atoms with E-state index in [4.69, 9.17) is 0 Å². The first-order valence-electron chi connectivity index (χ1n) is 7.67. The molecule has 5 nitrogen and oxygen atoms in total. The summed E-state index contributed by atoms with van der Waals surface area (Å²) in [6, 6.07) is 0.722. The minimum Gasteiger partial charge on any atom is -0.353 e. The van der Waals surface area contributed by atoms with Gasteiger partial charge in [-0.2, -0.15) is 0 Å². The van der Waals surface area contributed by atoms with Crippen molar-refractivity contribution in [3.8, 4) is 0 Å². The van der Waals surface area contributed by atoms with Crippen molar-refractivity contribution in [1.82, 2.24) is 10.6 Å². The van der Waals surface area contributed by atoms with Gasteiger partial charge in [0.25, 0.3) is 0 Å². The zero-order chi connectivity index (χ0) is 14.6. The molecule has 116 valence electrons. The average Bonchev–Trinajstić information content (AvgIpc) is 3.18. The number of sulfone groups is 1. The molecule has 2 atom stereocenters. The third-order valence-corrected chi connectivity index (χ3v) is 5.83. The van der Waals surface area contributed by atoms with Crippen molar-refractivity contribution in [2.75, 3.05) is 12.8 Å². The third kappa shape index (κ3) is 5.40. The standard InChI is InChI=1S/C14H26N2O3S/c1-20(18,19)13-5-2-4-12(10-13)15-9-3-6-14(17)16-11-7-8-11/h11-13,15H,2-10H2,1H3,(H,16,17). The molecule has 0 aliphatic heterocycles. The maximum Gasteiger partial charge on any atom is 0.220 e.